The molecule has 0 amide bonds. The zero-order valence-corrected chi connectivity index (χ0v) is 11.2. The molecule has 0 unspecified atom stereocenters. The van der Waals surface area contributed by atoms with Crippen molar-refractivity contribution in [1.82, 2.24) is 9.97 Å². The summed E-state index contributed by atoms with van der Waals surface area (Å²) in [6, 6.07) is 3.60. The second kappa shape index (κ2) is 6.09. The largest absolute Gasteiger partial charge is 0.432 e. The Morgan fingerprint density at radius 1 is 1.35 bits per heavy atom. The van der Waals surface area contributed by atoms with Crippen LogP contribution in [0.3, 0.4) is 0 Å². The summed E-state index contributed by atoms with van der Waals surface area (Å²) < 4.78 is 41.8. The van der Waals surface area contributed by atoms with E-state index in [1.165, 1.54) is 12.3 Å². The van der Waals surface area contributed by atoms with E-state index < -0.39 is 18.2 Å². The van der Waals surface area contributed by atoms with Crippen molar-refractivity contribution in [3.05, 3.63) is 41.6 Å². The third kappa shape index (κ3) is 3.19. The Labute approximate surface area is 118 Å². The molecule has 0 aliphatic carbocycles. The molecule has 0 radical (unpaired) electrons. The average Bonchev–Trinajstić information content (AvgIpc) is 2.41. The third-order valence-corrected chi connectivity index (χ3v) is 2.88. The summed E-state index contributed by atoms with van der Waals surface area (Å²) in [7, 11) is 0. The molecule has 0 saturated carbocycles. The molecule has 106 valence electrons. The Morgan fingerprint density at radius 2 is 2.10 bits per heavy atom. The molecule has 0 fully saturated rings. The quantitative estimate of drug-likeness (QED) is 0.803. The fourth-order valence-electron chi connectivity index (χ4n) is 1.60. The Kier molecular flexibility index (Phi) is 4.44. The molecule has 0 spiro atoms. The molecule has 20 heavy (non-hydrogen) atoms. The van der Waals surface area contributed by atoms with E-state index in [2.05, 4.69) is 14.7 Å². The normalized spacial score (nSPS) is 10.9. The topological polar surface area (TPSA) is 35.0 Å². The molecule has 7 heteroatoms. The summed E-state index contributed by atoms with van der Waals surface area (Å²) in [6.45, 7) is -1.34. The highest BCUT2D eigenvalue weighted by atomic mass is 35.5. The molecule has 0 N–H and O–H groups in total. The van der Waals surface area contributed by atoms with Gasteiger partial charge < -0.3 is 4.74 Å². The van der Waals surface area contributed by atoms with Gasteiger partial charge in [0, 0.05) is 5.56 Å². The lowest BCUT2D eigenvalue weighted by molar-refractivity contribution is -0.0521. The van der Waals surface area contributed by atoms with Gasteiger partial charge in [-0.25, -0.2) is 9.37 Å². The van der Waals surface area contributed by atoms with Gasteiger partial charge in [-0.05, 0) is 25.1 Å². The van der Waals surface area contributed by atoms with Crippen molar-refractivity contribution in [3.8, 4) is 17.0 Å². The molecule has 0 aliphatic rings. The summed E-state index contributed by atoms with van der Waals surface area (Å²) >= 11 is 5.73. The van der Waals surface area contributed by atoms with Crippen molar-refractivity contribution < 1.29 is 17.9 Å². The fraction of sp³-hybridized carbons (Fsp3) is 0.231. The predicted molar refractivity (Wildman–Crippen MR) is 68.4 cm³/mol. The molecule has 0 bridgehead atoms. The van der Waals surface area contributed by atoms with Crippen LogP contribution in [0.15, 0.2) is 24.4 Å². The Hall–Kier alpha value is -1.82. The van der Waals surface area contributed by atoms with Crippen molar-refractivity contribution >= 4 is 11.6 Å². The lowest BCUT2D eigenvalue weighted by atomic mass is 10.1. The van der Waals surface area contributed by atoms with Crippen LogP contribution < -0.4 is 4.74 Å². The summed E-state index contributed by atoms with van der Waals surface area (Å²) in [6.07, 6.45) is 1.46. The number of ether oxygens (including phenoxy) is 1. The summed E-state index contributed by atoms with van der Waals surface area (Å²) in [5.41, 5.74) is 2.08. The smallest absolute Gasteiger partial charge is 0.387 e. The number of aryl methyl sites for hydroxylation is 1. The number of benzene rings is 1. The van der Waals surface area contributed by atoms with Crippen molar-refractivity contribution in [1.29, 1.82) is 0 Å². The zero-order chi connectivity index (χ0) is 14.7. The van der Waals surface area contributed by atoms with Crippen LogP contribution in [-0.2, 0) is 5.88 Å². The second-order valence-corrected chi connectivity index (χ2v) is 4.21. The van der Waals surface area contributed by atoms with Gasteiger partial charge >= 0.3 is 6.61 Å². The lowest BCUT2D eigenvalue weighted by Crippen LogP contribution is -2.04. The van der Waals surface area contributed by atoms with Gasteiger partial charge in [0.1, 0.15) is 0 Å². The number of alkyl halides is 3. The first kappa shape index (κ1) is 14.6. The molecule has 1 aromatic heterocycles. The molecular weight excluding hydrogens is 293 g/mol. The summed E-state index contributed by atoms with van der Waals surface area (Å²) in [5.74, 6) is -1.23. The van der Waals surface area contributed by atoms with Crippen LogP contribution in [0.5, 0.6) is 5.75 Å². The maximum Gasteiger partial charge on any atom is 0.387 e. The lowest BCUT2D eigenvalue weighted by Gasteiger charge is -2.09. The molecule has 0 aliphatic heterocycles. The van der Waals surface area contributed by atoms with Gasteiger partial charge in [0.25, 0.3) is 0 Å². The average molecular weight is 303 g/mol. The van der Waals surface area contributed by atoms with E-state index >= 15 is 0 Å². The monoisotopic (exact) mass is 302 g/mol. The van der Waals surface area contributed by atoms with Gasteiger partial charge in [0.2, 0.25) is 0 Å². The standard InChI is InChI=1S/C13H10ClF3N2O/c1-7-10(5-14)19-11(6-18-7)8-2-3-9(15)12(4-8)20-13(16)17/h2-4,6,13H,5H2,1H3. The number of rotatable bonds is 4. The fourth-order valence-corrected chi connectivity index (χ4v) is 1.86. The van der Waals surface area contributed by atoms with E-state index in [9.17, 15) is 13.2 Å². The van der Waals surface area contributed by atoms with E-state index in [4.69, 9.17) is 11.6 Å². The number of aromatic nitrogens is 2. The SMILES string of the molecule is Cc1ncc(-c2ccc(F)c(OC(F)F)c2)nc1CCl. The number of hydrogen-bond acceptors (Lipinski definition) is 3. The van der Waals surface area contributed by atoms with E-state index in [0.29, 0.717) is 22.6 Å². The number of hydrogen-bond donors (Lipinski definition) is 0. The first-order valence-corrected chi connectivity index (χ1v) is 6.18. The van der Waals surface area contributed by atoms with Gasteiger partial charge in [-0.3, -0.25) is 4.98 Å². The van der Waals surface area contributed by atoms with Crippen LogP contribution in [0.4, 0.5) is 13.2 Å². The molecular formula is C13H10ClF3N2O. The van der Waals surface area contributed by atoms with Crippen molar-refractivity contribution in [2.24, 2.45) is 0 Å². The summed E-state index contributed by atoms with van der Waals surface area (Å²) in [4.78, 5) is 8.36. The van der Waals surface area contributed by atoms with Crippen LogP contribution in [-0.4, -0.2) is 16.6 Å². The Morgan fingerprint density at radius 3 is 2.75 bits per heavy atom. The van der Waals surface area contributed by atoms with E-state index in [1.54, 1.807) is 6.92 Å². The van der Waals surface area contributed by atoms with Gasteiger partial charge in [-0.2, -0.15) is 8.78 Å². The van der Waals surface area contributed by atoms with Gasteiger partial charge in [-0.15, -0.1) is 11.6 Å². The highest BCUT2D eigenvalue weighted by molar-refractivity contribution is 6.17. The first-order valence-electron chi connectivity index (χ1n) is 5.64. The predicted octanol–water partition coefficient (Wildman–Crippen LogP) is 3.93. The Balaban J connectivity index is 2.42. The van der Waals surface area contributed by atoms with Crippen LogP contribution in [0.2, 0.25) is 0 Å². The molecule has 0 saturated heterocycles. The van der Waals surface area contributed by atoms with Crippen molar-refractivity contribution in [2.45, 2.75) is 19.4 Å². The minimum absolute atomic E-state index is 0.175. The van der Waals surface area contributed by atoms with Crippen molar-refractivity contribution in [3.63, 3.8) is 0 Å². The molecule has 1 aromatic carbocycles. The van der Waals surface area contributed by atoms with Gasteiger partial charge in [-0.1, -0.05) is 0 Å². The zero-order valence-electron chi connectivity index (χ0n) is 10.4. The highest BCUT2D eigenvalue weighted by Gasteiger charge is 2.13. The minimum atomic E-state index is -3.10. The van der Waals surface area contributed by atoms with E-state index in [0.717, 1.165) is 12.1 Å². The van der Waals surface area contributed by atoms with E-state index in [-0.39, 0.29) is 5.88 Å². The maximum absolute atomic E-state index is 13.3. The number of halogens is 4. The van der Waals surface area contributed by atoms with Crippen LogP contribution >= 0.6 is 11.6 Å². The molecule has 2 aromatic rings. The van der Waals surface area contributed by atoms with Gasteiger partial charge in [0.15, 0.2) is 11.6 Å². The number of nitrogens with zero attached hydrogens (tertiary/aromatic N) is 2. The van der Waals surface area contributed by atoms with Crippen LogP contribution in [0.1, 0.15) is 11.4 Å². The van der Waals surface area contributed by atoms with Crippen LogP contribution in [0.25, 0.3) is 11.3 Å². The van der Waals surface area contributed by atoms with Gasteiger partial charge in [0.05, 0.1) is 29.2 Å². The molecule has 3 nitrogen and oxygen atoms in total. The molecule has 0 atom stereocenters. The van der Waals surface area contributed by atoms with Crippen molar-refractivity contribution in [2.75, 3.05) is 0 Å². The maximum atomic E-state index is 13.3. The second-order valence-electron chi connectivity index (χ2n) is 3.94. The van der Waals surface area contributed by atoms with E-state index in [1.807, 2.05) is 0 Å². The molecule has 1 heterocycles. The molecule has 2 rings (SSSR count). The third-order valence-electron chi connectivity index (χ3n) is 2.62. The Bertz CT molecular complexity index is 623. The highest BCUT2D eigenvalue weighted by Crippen LogP contribution is 2.26. The van der Waals surface area contributed by atoms with Crippen LogP contribution in [0, 0.1) is 12.7 Å². The minimum Gasteiger partial charge on any atom is -0.432 e. The first-order chi connectivity index (χ1) is 9.51. The summed E-state index contributed by atoms with van der Waals surface area (Å²) in [5, 5.41) is 0.